The van der Waals surface area contributed by atoms with E-state index in [1.54, 1.807) is 13.8 Å². The number of hydrogen-bond acceptors (Lipinski definition) is 2. The molecule has 0 radical (unpaired) electrons. The summed E-state index contributed by atoms with van der Waals surface area (Å²) in [5.74, 6) is -1.24. The lowest BCUT2D eigenvalue weighted by atomic mass is 9.96. The van der Waals surface area contributed by atoms with Crippen LogP contribution in [0.4, 0.5) is 30.7 Å². The summed E-state index contributed by atoms with van der Waals surface area (Å²) < 4.78 is 99.5. The number of unbranched alkanes of at least 4 members (excludes halogenated alkanes) is 1. The Morgan fingerprint density at radius 1 is 0.971 bits per heavy atom. The van der Waals surface area contributed by atoms with E-state index in [0.717, 1.165) is 37.5 Å². The van der Waals surface area contributed by atoms with Crippen molar-refractivity contribution in [1.29, 1.82) is 0 Å². The standard InChI is InChI=1S/C25H27F7NOP/c1-4-6-7-17-14-34-22(33-17)18-12-16(24(27,28)29)9-11-21(18)35-23(3,5-2)15-8-10-19(20(26)13-15)25(30,31)32/h8-13,17,35H,4-7,14H2,1-3H3/t17-,23?/m0/s1. The first-order valence-electron chi connectivity index (χ1n) is 11.4. The summed E-state index contributed by atoms with van der Waals surface area (Å²) in [6.07, 6.45) is -6.34. The minimum Gasteiger partial charge on any atom is -0.475 e. The van der Waals surface area contributed by atoms with E-state index < -0.39 is 34.5 Å². The predicted octanol–water partition coefficient (Wildman–Crippen LogP) is 7.83. The number of halogens is 7. The van der Waals surface area contributed by atoms with E-state index in [1.165, 1.54) is 12.1 Å². The molecular formula is C25H27F7NOP. The Kier molecular flexibility index (Phi) is 8.19. The van der Waals surface area contributed by atoms with Crippen molar-refractivity contribution >= 4 is 19.8 Å². The molecule has 3 rings (SSSR count). The summed E-state index contributed by atoms with van der Waals surface area (Å²) >= 11 is 0. The van der Waals surface area contributed by atoms with Crippen molar-refractivity contribution in [2.45, 2.75) is 70.0 Å². The highest BCUT2D eigenvalue weighted by atomic mass is 31.1. The van der Waals surface area contributed by atoms with Gasteiger partial charge in [0.05, 0.1) is 17.2 Å². The Balaban J connectivity index is 2.02. The fourth-order valence-corrected chi connectivity index (χ4v) is 5.46. The Bertz CT molecular complexity index is 1080. The minimum absolute atomic E-state index is 0.136. The van der Waals surface area contributed by atoms with Gasteiger partial charge in [-0.3, -0.25) is 0 Å². The Labute approximate surface area is 201 Å². The number of nitrogens with zero attached hydrogens (tertiary/aromatic N) is 1. The number of alkyl halides is 6. The average molecular weight is 521 g/mol. The second-order valence-corrected chi connectivity index (χ2v) is 10.7. The molecule has 1 aliphatic heterocycles. The lowest BCUT2D eigenvalue weighted by Gasteiger charge is -2.30. The van der Waals surface area contributed by atoms with E-state index in [4.69, 9.17) is 4.74 Å². The van der Waals surface area contributed by atoms with Crippen molar-refractivity contribution in [3.05, 3.63) is 64.5 Å². The second kappa shape index (κ2) is 10.5. The molecule has 0 N–H and O–H groups in total. The van der Waals surface area contributed by atoms with Crippen molar-refractivity contribution in [2.24, 2.45) is 4.99 Å². The van der Waals surface area contributed by atoms with Gasteiger partial charge in [-0.2, -0.15) is 26.3 Å². The normalized spacial score (nSPS) is 18.6. The maximum Gasteiger partial charge on any atom is 0.419 e. The van der Waals surface area contributed by atoms with E-state index in [2.05, 4.69) is 4.99 Å². The Hall–Kier alpha value is -2.15. The number of ether oxygens (including phenoxy) is 1. The van der Waals surface area contributed by atoms with E-state index in [-0.39, 0.29) is 32.7 Å². The van der Waals surface area contributed by atoms with Gasteiger partial charge in [0.25, 0.3) is 0 Å². The highest BCUT2D eigenvalue weighted by Crippen LogP contribution is 2.46. The monoisotopic (exact) mass is 521 g/mol. The van der Waals surface area contributed by atoms with Crippen molar-refractivity contribution in [3.8, 4) is 0 Å². The zero-order chi connectivity index (χ0) is 26.0. The minimum atomic E-state index is -4.82. The molecule has 2 aromatic carbocycles. The van der Waals surface area contributed by atoms with Crippen molar-refractivity contribution in [2.75, 3.05) is 6.61 Å². The first-order chi connectivity index (χ1) is 16.3. The van der Waals surface area contributed by atoms with Gasteiger partial charge in [0.1, 0.15) is 12.4 Å². The molecule has 2 nitrogen and oxygen atoms in total. The van der Waals surface area contributed by atoms with Crippen LogP contribution in [-0.2, 0) is 22.2 Å². The van der Waals surface area contributed by atoms with Crippen LogP contribution in [0.25, 0.3) is 0 Å². The van der Waals surface area contributed by atoms with Crippen LogP contribution in [0.1, 0.15) is 68.7 Å². The molecule has 0 amide bonds. The van der Waals surface area contributed by atoms with Crippen LogP contribution in [0, 0.1) is 5.82 Å². The Morgan fingerprint density at radius 3 is 2.23 bits per heavy atom. The van der Waals surface area contributed by atoms with E-state index in [9.17, 15) is 30.7 Å². The molecule has 0 aliphatic carbocycles. The predicted molar refractivity (Wildman–Crippen MR) is 124 cm³/mol. The maximum atomic E-state index is 14.3. The third-order valence-corrected chi connectivity index (χ3v) is 8.11. The smallest absolute Gasteiger partial charge is 0.419 e. The van der Waals surface area contributed by atoms with Crippen molar-refractivity contribution < 1.29 is 35.5 Å². The number of hydrogen-bond donors (Lipinski definition) is 0. The lowest BCUT2D eigenvalue weighted by Crippen LogP contribution is -2.23. The van der Waals surface area contributed by atoms with Gasteiger partial charge in [0.2, 0.25) is 5.90 Å². The molecule has 10 heteroatoms. The third kappa shape index (κ3) is 6.35. The molecule has 0 spiro atoms. The highest BCUT2D eigenvalue weighted by Gasteiger charge is 2.37. The first kappa shape index (κ1) is 27.4. The molecule has 0 saturated carbocycles. The Morgan fingerprint density at radius 2 is 1.66 bits per heavy atom. The van der Waals surface area contributed by atoms with E-state index >= 15 is 0 Å². The number of aliphatic imine (C=N–C) groups is 1. The van der Waals surface area contributed by atoms with Gasteiger partial charge in [0, 0.05) is 10.7 Å². The molecule has 2 unspecified atom stereocenters. The molecule has 35 heavy (non-hydrogen) atoms. The summed E-state index contributed by atoms with van der Waals surface area (Å²) in [7, 11) is -0.172. The van der Waals surface area contributed by atoms with Gasteiger partial charge in [-0.15, -0.1) is 0 Å². The summed E-state index contributed by atoms with van der Waals surface area (Å²) in [6, 6.07) is 6.00. The largest absolute Gasteiger partial charge is 0.475 e. The van der Waals surface area contributed by atoms with Crippen LogP contribution in [-0.4, -0.2) is 18.5 Å². The number of benzene rings is 2. The van der Waals surface area contributed by atoms with Gasteiger partial charge in [-0.1, -0.05) is 54.3 Å². The molecule has 2 aromatic rings. The summed E-state index contributed by atoms with van der Waals surface area (Å²) in [5, 5.41) is -0.294. The maximum absolute atomic E-state index is 14.3. The molecule has 0 saturated heterocycles. The molecule has 0 aromatic heterocycles. The van der Waals surface area contributed by atoms with Gasteiger partial charge >= 0.3 is 12.4 Å². The molecule has 3 atom stereocenters. The van der Waals surface area contributed by atoms with Gasteiger partial charge in [-0.25, -0.2) is 9.38 Å². The summed E-state index contributed by atoms with van der Waals surface area (Å²) in [6.45, 7) is 5.87. The van der Waals surface area contributed by atoms with Crippen LogP contribution in [0.3, 0.4) is 0 Å². The molecule has 0 fully saturated rings. The van der Waals surface area contributed by atoms with E-state index in [0.29, 0.717) is 23.4 Å². The fourth-order valence-electron chi connectivity index (χ4n) is 3.91. The van der Waals surface area contributed by atoms with Crippen LogP contribution in [0.15, 0.2) is 41.4 Å². The van der Waals surface area contributed by atoms with Crippen LogP contribution < -0.4 is 5.30 Å². The molecular weight excluding hydrogens is 494 g/mol. The van der Waals surface area contributed by atoms with Gasteiger partial charge in [-0.05, 0) is 48.0 Å². The lowest BCUT2D eigenvalue weighted by molar-refractivity contribution is -0.140. The van der Waals surface area contributed by atoms with Crippen molar-refractivity contribution in [1.82, 2.24) is 0 Å². The molecule has 1 heterocycles. The van der Waals surface area contributed by atoms with Crippen LogP contribution in [0.2, 0.25) is 0 Å². The topological polar surface area (TPSA) is 21.6 Å². The van der Waals surface area contributed by atoms with Crippen LogP contribution in [0.5, 0.6) is 0 Å². The van der Waals surface area contributed by atoms with Gasteiger partial charge in [0.15, 0.2) is 0 Å². The summed E-state index contributed by atoms with van der Waals surface area (Å²) in [4.78, 5) is 4.51. The molecule has 192 valence electrons. The quantitative estimate of drug-likeness (QED) is 0.256. The number of rotatable bonds is 8. The summed E-state index contributed by atoms with van der Waals surface area (Å²) in [5.41, 5.74) is -1.65. The molecule has 1 aliphatic rings. The van der Waals surface area contributed by atoms with E-state index in [1.807, 2.05) is 6.92 Å². The van der Waals surface area contributed by atoms with Crippen LogP contribution >= 0.6 is 8.58 Å². The fraction of sp³-hybridized carbons (Fsp3) is 0.480. The molecule has 0 bridgehead atoms. The third-order valence-electron chi connectivity index (χ3n) is 6.21. The van der Waals surface area contributed by atoms with Gasteiger partial charge < -0.3 is 4.74 Å². The highest BCUT2D eigenvalue weighted by molar-refractivity contribution is 7.48. The zero-order valence-corrected chi connectivity index (χ0v) is 20.6. The SMILES string of the molecule is CCCC[C@H]1COC(c2cc(C(F)(F)F)ccc2PC(C)(CC)c2ccc(C(F)(F)F)c(F)c2)=N1. The first-order valence-corrected chi connectivity index (χ1v) is 12.4. The second-order valence-electron chi connectivity index (χ2n) is 8.80. The average Bonchev–Trinajstić information content (AvgIpc) is 3.25. The van der Waals surface area contributed by atoms with Crippen molar-refractivity contribution in [3.63, 3.8) is 0 Å². The zero-order valence-electron chi connectivity index (χ0n) is 19.6.